The van der Waals surface area contributed by atoms with Crippen molar-refractivity contribution in [3.8, 4) is 0 Å². The van der Waals surface area contributed by atoms with Crippen LogP contribution in [0.5, 0.6) is 0 Å². The zero-order valence-electron chi connectivity index (χ0n) is 10.7. The van der Waals surface area contributed by atoms with E-state index >= 15 is 0 Å². The molecule has 0 aromatic carbocycles. The quantitative estimate of drug-likeness (QED) is 0.844. The smallest absolute Gasteiger partial charge is 0.371 e. The fourth-order valence-electron chi connectivity index (χ4n) is 2.16. The maximum atomic E-state index is 12.4. The lowest BCUT2D eigenvalue weighted by Crippen LogP contribution is -2.29. The number of rotatable bonds is 5. The minimum Gasteiger partial charge on any atom is -0.475 e. The number of aromatic carboxylic acids is 1. The zero-order chi connectivity index (χ0) is 14.9. The highest BCUT2D eigenvalue weighted by Crippen LogP contribution is 2.31. The van der Waals surface area contributed by atoms with Gasteiger partial charge in [0, 0.05) is 26.3 Å². The lowest BCUT2D eigenvalue weighted by atomic mass is 10.1. The Bertz CT molecular complexity index is 610. The van der Waals surface area contributed by atoms with Gasteiger partial charge in [-0.1, -0.05) is 0 Å². The summed E-state index contributed by atoms with van der Waals surface area (Å²) in [5.41, 5.74) is 0. The lowest BCUT2D eigenvalue weighted by Gasteiger charge is -2.15. The third-order valence-corrected chi connectivity index (χ3v) is 5.86. The molecule has 1 aromatic rings. The zero-order valence-corrected chi connectivity index (χ0v) is 13.1. The summed E-state index contributed by atoms with van der Waals surface area (Å²) >= 11 is 2.95. The first-order valence-electron chi connectivity index (χ1n) is 5.88. The van der Waals surface area contributed by atoms with Gasteiger partial charge in [-0.15, -0.1) is 0 Å². The topological polar surface area (TPSA) is 97.0 Å². The van der Waals surface area contributed by atoms with Crippen LogP contribution < -0.4 is 0 Å². The van der Waals surface area contributed by atoms with E-state index in [1.807, 2.05) is 0 Å². The molecule has 2 rings (SSSR count). The predicted molar refractivity (Wildman–Crippen MR) is 72.1 cm³/mol. The lowest BCUT2D eigenvalue weighted by molar-refractivity contribution is 0.0661. The Balaban J connectivity index is 2.25. The Kier molecular flexibility index (Phi) is 4.52. The van der Waals surface area contributed by atoms with Gasteiger partial charge >= 0.3 is 5.97 Å². The summed E-state index contributed by atoms with van der Waals surface area (Å²) in [4.78, 5) is 10.7. The van der Waals surface area contributed by atoms with E-state index in [0.717, 1.165) is 6.07 Å². The Labute approximate surface area is 124 Å². The predicted octanol–water partition coefficient (Wildman–Crippen LogP) is 1.40. The molecular weight excluding hydrogens is 354 g/mol. The highest BCUT2D eigenvalue weighted by atomic mass is 79.9. The molecule has 1 N–H and O–H groups in total. The van der Waals surface area contributed by atoms with Gasteiger partial charge in [-0.25, -0.2) is 13.2 Å². The maximum Gasteiger partial charge on any atom is 0.371 e. The molecule has 0 radical (unpaired) electrons. The minimum absolute atomic E-state index is 0.0925. The Morgan fingerprint density at radius 2 is 2.35 bits per heavy atom. The number of halogens is 1. The normalized spacial score (nSPS) is 20.4. The third kappa shape index (κ3) is 2.90. The summed E-state index contributed by atoms with van der Waals surface area (Å²) in [6.07, 6.45) is 0.717. The molecular formula is C11H14BrNO6S. The number of carboxylic acids is 1. The molecule has 1 aliphatic heterocycles. The molecule has 112 valence electrons. The van der Waals surface area contributed by atoms with E-state index in [2.05, 4.69) is 15.9 Å². The van der Waals surface area contributed by atoms with Crippen LogP contribution in [0.4, 0.5) is 0 Å². The van der Waals surface area contributed by atoms with Crippen LogP contribution in [-0.2, 0) is 14.8 Å². The molecule has 0 amide bonds. The van der Waals surface area contributed by atoms with Gasteiger partial charge in [0.25, 0.3) is 0 Å². The first-order valence-corrected chi connectivity index (χ1v) is 8.11. The number of nitrogens with zero attached hydrogens (tertiary/aromatic N) is 1. The SMILES string of the molecule is COCC1CCN(S(=O)(=O)c2cc(C(=O)O)oc2Br)C1. The van der Waals surface area contributed by atoms with Crippen molar-refractivity contribution in [1.29, 1.82) is 0 Å². The van der Waals surface area contributed by atoms with Crippen molar-refractivity contribution >= 4 is 31.9 Å². The number of furan rings is 1. The monoisotopic (exact) mass is 367 g/mol. The van der Waals surface area contributed by atoms with Crippen molar-refractivity contribution in [2.45, 2.75) is 11.3 Å². The van der Waals surface area contributed by atoms with Crippen LogP contribution in [0.15, 0.2) is 20.0 Å². The van der Waals surface area contributed by atoms with Gasteiger partial charge < -0.3 is 14.3 Å². The van der Waals surface area contributed by atoms with Gasteiger partial charge in [-0.2, -0.15) is 4.31 Å². The van der Waals surface area contributed by atoms with Gasteiger partial charge in [0.2, 0.25) is 15.8 Å². The van der Waals surface area contributed by atoms with Gasteiger partial charge in [0.05, 0.1) is 6.61 Å². The van der Waals surface area contributed by atoms with Crippen LogP contribution in [0.1, 0.15) is 17.0 Å². The van der Waals surface area contributed by atoms with Crippen molar-refractivity contribution < 1.29 is 27.5 Å². The molecule has 2 heterocycles. The fraction of sp³-hybridized carbons (Fsp3) is 0.545. The van der Waals surface area contributed by atoms with E-state index in [0.29, 0.717) is 26.1 Å². The number of methoxy groups -OCH3 is 1. The molecule has 9 heteroatoms. The van der Waals surface area contributed by atoms with E-state index in [1.165, 1.54) is 4.31 Å². The third-order valence-electron chi connectivity index (χ3n) is 3.14. The van der Waals surface area contributed by atoms with E-state index in [4.69, 9.17) is 14.3 Å². The molecule has 1 aliphatic rings. The Hall–Kier alpha value is -0.900. The van der Waals surface area contributed by atoms with Crippen molar-refractivity contribution in [2.24, 2.45) is 5.92 Å². The molecule has 0 saturated carbocycles. The van der Waals surface area contributed by atoms with E-state index in [1.54, 1.807) is 7.11 Å². The average Bonchev–Trinajstić information content (AvgIpc) is 2.96. The summed E-state index contributed by atoms with van der Waals surface area (Å²) in [7, 11) is -2.19. The number of sulfonamides is 1. The molecule has 0 aliphatic carbocycles. The first kappa shape index (κ1) is 15.5. The average molecular weight is 368 g/mol. The largest absolute Gasteiger partial charge is 0.475 e. The molecule has 1 atom stereocenters. The Morgan fingerprint density at radius 3 is 2.90 bits per heavy atom. The van der Waals surface area contributed by atoms with Crippen LogP contribution in [0.2, 0.25) is 0 Å². The van der Waals surface area contributed by atoms with Crippen LogP contribution in [-0.4, -0.2) is 50.6 Å². The van der Waals surface area contributed by atoms with Crippen LogP contribution in [0, 0.1) is 5.92 Å². The molecule has 1 fully saturated rings. The highest BCUT2D eigenvalue weighted by Gasteiger charge is 2.35. The summed E-state index contributed by atoms with van der Waals surface area (Å²) in [6, 6.07) is 1.02. The summed E-state index contributed by atoms with van der Waals surface area (Å²) in [5.74, 6) is -1.58. The number of hydrogen-bond acceptors (Lipinski definition) is 5. The molecule has 1 unspecified atom stereocenters. The summed E-state index contributed by atoms with van der Waals surface area (Å²) < 4.78 is 36.0. The minimum atomic E-state index is -3.76. The van der Waals surface area contributed by atoms with Crippen LogP contribution in [0.3, 0.4) is 0 Å². The van der Waals surface area contributed by atoms with Crippen molar-refractivity contribution in [2.75, 3.05) is 26.8 Å². The van der Waals surface area contributed by atoms with Crippen LogP contribution in [0.25, 0.3) is 0 Å². The van der Waals surface area contributed by atoms with Gasteiger partial charge in [-0.05, 0) is 28.3 Å². The summed E-state index contributed by atoms with van der Waals surface area (Å²) in [6.45, 7) is 1.24. The second-order valence-electron chi connectivity index (χ2n) is 4.53. The van der Waals surface area contributed by atoms with E-state index < -0.39 is 21.8 Å². The maximum absolute atomic E-state index is 12.4. The Morgan fingerprint density at radius 1 is 1.65 bits per heavy atom. The molecule has 0 bridgehead atoms. The second kappa shape index (κ2) is 5.84. The van der Waals surface area contributed by atoms with Crippen molar-refractivity contribution in [3.63, 3.8) is 0 Å². The molecule has 20 heavy (non-hydrogen) atoms. The van der Waals surface area contributed by atoms with E-state index in [9.17, 15) is 13.2 Å². The molecule has 0 spiro atoms. The highest BCUT2D eigenvalue weighted by molar-refractivity contribution is 9.10. The molecule has 7 nitrogen and oxygen atoms in total. The molecule has 1 aromatic heterocycles. The summed E-state index contributed by atoms with van der Waals surface area (Å²) in [5, 5.41) is 8.83. The fourth-order valence-corrected chi connectivity index (χ4v) is 4.59. The number of carboxylic acid groups (broad SMARTS) is 1. The van der Waals surface area contributed by atoms with Gasteiger partial charge in [0.15, 0.2) is 4.67 Å². The van der Waals surface area contributed by atoms with Gasteiger partial charge in [0.1, 0.15) is 4.90 Å². The number of ether oxygens (including phenoxy) is 1. The molecule has 1 saturated heterocycles. The van der Waals surface area contributed by atoms with Gasteiger partial charge in [-0.3, -0.25) is 0 Å². The van der Waals surface area contributed by atoms with Crippen molar-refractivity contribution in [3.05, 3.63) is 16.5 Å². The van der Waals surface area contributed by atoms with E-state index in [-0.39, 0.29) is 15.5 Å². The first-order chi connectivity index (χ1) is 9.36. The van der Waals surface area contributed by atoms with Crippen molar-refractivity contribution in [1.82, 2.24) is 4.31 Å². The second-order valence-corrected chi connectivity index (χ2v) is 7.15. The standard InChI is InChI=1S/C11H14BrNO6S/c1-18-6-7-2-3-13(5-7)20(16,17)9-4-8(11(14)15)19-10(9)12/h4,7H,2-3,5-6H2,1H3,(H,14,15). The number of hydrogen-bond donors (Lipinski definition) is 1. The number of carbonyl (C=O) groups is 1. The van der Waals surface area contributed by atoms with Crippen LogP contribution >= 0.6 is 15.9 Å².